The Bertz CT molecular complexity index is 742. The lowest BCUT2D eigenvalue weighted by Gasteiger charge is -2.33. The summed E-state index contributed by atoms with van der Waals surface area (Å²) in [6, 6.07) is -0.908. The first-order chi connectivity index (χ1) is 17.3. The molecule has 1 saturated carbocycles. The van der Waals surface area contributed by atoms with Gasteiger partial charge in [-0.3, -0.25) is 9.59 Å². The molecule has 0 aromatic rings. The fraction of sp³-hybridized carbons (Fsp3) is 0.615. The van der Waals surface area contributed by atoms with Crippen molar-refractivity contribution in [1.29, 1.82) is 0 Å². The van der Waals surface area contributed by atoms with E-state index in [1.54, 1.807) is 0 Å². The van der Waals surface area contributed by atoms with Gasteiger partial charge in [-0.15, -0.1) is 0 Å². The first kappa shape index (κ1) is 30.7. The smallest absolute Gasteiger partial charge is 0.343 e. The molecule has 0 heterocycles. The highest BCUT2D eigenvalue weighted by atomic mass is 16.5. The van der Waals surface area contributed by atoms with Gasteiger partial charge in [-0.25, -0.2) is 9.59 Å². The topological polar surface area (TPSA) is 145 Å². The number of hydrogen-bond donors (Lipinski definition) is 2. The Morgan fingerprint density at radius 2 is 1.06 bits per heavy atom. The molecule has 36 heavy (non-hydrogen) atoms. The zero-order valence-electron chi connectivity index (χ0n) is 20.9. The third-order valence-electron chi connectivity index (χ3n) is 5.84. The molecule has 0 aliphatic heterocycles. The number of nitrogens with one attached hydrogen (secondary N) is 2. The van der Waals surface area contributed by atoms with Crippen LogP contribution in [0.1, 0.15) is 77.0 Å². The van der Waals surface area contributed by atoms with Gasteiger partial charge in [0.1, 0.15) is 23.7 Å². The monoisotopic (exact) mass is 506 g/mol. The minimum Gasteiger partial charge on any atom is -0.462 e. The van der Waals surface area contributed by atoms with Gasteiger partial charge in [0.05, 0.1) is 13.2 Å². The first-order valence-electron chi connectivity index (χ1n) is 12.5. The molecule has 2 atom stereocenters. The number of rotatable bonds is 18. The Kier molecular flexibility index (Phi) is 15.4. The van der Waals surface area contributed by atoms with Crippen LogP contribution in [0.4, 0.5) is 0 Å². The number of unbranched alkanes of at least 4 members (excludes halogenated alkanes) is 6. The molecule has 10 heteroatoms. The molecule has 200 valence electrons. The van der Waals surface area contributed by atoms with Crippen LogP contribution in [0.5, 0.6) is 0 Å². The van der Waals surface area contributed by atoms with Crippen LogP contribution in [0.3, 0.4) is 0 Å². The van der Waals surface area contributed by atoms with E-state index in [0.29, 0.717) is 51.4 Å². The summed E-state index contributed by atoms with van der Waals surface area (Å²) in [6.45, 7) is 7.31. The van der Waals surface area contributed by atoms with Gasteiger partial charge in [0.25, 0.3) is 11.8 Å². The van der Waals surface area contributed by atoms with E-state index in [-0.39, 0.29) is 24.4 Å². The third-order valence-corrected chi connectivity index (χ3v) is 5.84. The van der Waals surface area contributed by atoms with Crippen molar-refractivity contribution >= 4 is 36.3 Å². The summed E-state index contributed by atoms with van der Waals surface area (Å²) < 4.78 is 10.1. The van der Waals surface area contributed by atoms with Gasteiger partial charge in [0.2, 0.25) is 0 Å². The number of hydrogen-bond acceptors (Lipinski definition) is 8. The first-order valence-corrected chi connectivity index (χ1v) is 12.5. The highest BCUT2D eigenvalue weighted by molar-refractivity contribution is 6.16. The van der Waals surface area contributed by atoms with E-state index in [9.17, 15) is 28.8 Å². The molecule has 0 unspecified atom stereocenters. The highest BCUT2D eigenvalue weighted by Crippen LogP contribution is 2.19. The van der Waals surface area contributed by atoms with Crippen molar-refractivity contribution in [1.82, 2.24) is 10.6 Å². The maximum absolute atomic E-state index is 12.5. The second-order valence-electron chi connectivity index (χ2n) is 8.71. The van der Waals surface area contributed by atoms with Crippen LogP contribution in [0.2, 0.25) is 0 Å². The zero-order chi connectivity index (χ0) is 26.8. The molecule has 0 radical (unpaired) electrons. The molecule has 1 aliphatic rings. The Morgan fingerprint density at radius 3 is 1.42 bits per heavy atom. The number of carbonyl (C=O) groups excluding carboxylic acids is 6. The van der Waals surface area contributed by atoms with Crippen LogP contribution in [0.15, 0.2) is 24.3 Å². The average Bonchev–Trinajstić information content (AvgIpc) is 2.87. The van der Waals surface area contributed by atoms with Crippen LogP contribution in [0, 0.1) is 0 Å². The fourth-order valence-corrected chi connectivity index (χ4v) is 3.69. The molecule has 0 aromatic heterocycles. The minimum atomic E-state index is -0.818. The molecule has 2 N–H and O–H groups in total. The van der Waals surface area contributed by atoms with Crippen LogP contribution < -0.4 is 10.6 Å². The molecular weight excluding hydrogens is 468 g/mol. The molecule has 0 aromatic carbocycles. The molecule has 0 bridgehead atoms. The summed E-state index contributed by atoms with van der Waals surface area (Å²) in [4.78, 5) is 69.9. The van der Waals surface area contributed by atoms with Crippen LogP contribution in [-0.2, 0) is 38.2 Å². The summed E-state index contributed by atoms with van der Waals surface area (Å²) in [7, 11) is 0. The fourth-order valence-electron chi connectivity index (χ4n) is 3.69. The number of ether oxygens (including phenoxy) is 2. The van der Waals surface area contributed by atoms with E-state index in [1.165, 1.54) is 0 Å². The summed E-state index contributed by atoms with van der Waals surface area (Å²) in [5, 5.41) is 5.47. The maximum atomic E-state index is 12.5. The van der Waals surface area contributed by atoms with Gasteiger partial charge in [0.15, 0.2) is 0 Å². The van der Waals surface area contributed by atoms with Crippen molar-refractivity contribution in [2.75, 3.05) is 13.2 Å². The van der Waals surface area contributed by atoms with Gasteiger partial charge >= 0.3 is 11.9 Å². The SMILES string of the molecule is C=C(C(=O)N[C@@H]1CCCC[C@H]1NC(=O)C(=C)C(=O)OCCCCCC=O)C(=O)OCCCCCC=O. The van der Waals surface area contributed by atoms with E-state index < -0.39 is 35.8 Å². The summed E-state index contributed by atoms with van der Waals surface area (Å²) in [6.07, 6.45) is 9.43. The van der Waals surface area contributed by atoms with Crippen molar-refractivity contribution < 1.29 is 38.2 Å². The molecule has 0 spiro atoms. The predicted octanol–water partition coefficient (Wildman–Crippen LogP) is 2.25. The Labute approximate surface area is 212 Å². The van der Waals surface area contributed by atoms with Gasteiger partial charge < -0.3 is 29.7 Å². The van der Waals surface area contributed by atoms with Crippen molar-refractivity contribution in [2.45, 2.75) is 89.1 Å². The lowest BCUT2D eigenvalue weighted by molar-refractivity contribution is -0.142. The van der Waals surface area contributed by atoms with Crippen molar-refractivity contribution in [3.05, 3.63) is 24.3 Å². The van der Waals surface area contributed by atoms with Crippen LogP contribution in [-0.4, -0.2) is 61.6 Å². The molecule has 10 nitrogen and oxygen atoms in total. The van der Waals surface area contributed by atoms with Crippen molar-refractivity contribution in [3.63, 3.8) is 0 Å². The summed E-state index contributed by atoms with van der Waals surface area (Å²) >= 11 is 0. The Balaban J connectivity index is 2.48. The van der Waals surface area contributed by atoms with E-state index in [2.05, 4.69) is 23.8 Å². The van der Waals surface area contributed by atoms with Gasteiger partial charge in [-0.2, -0.15) is 0 Å². The summed E-state index contributed by atoms with van der Waals surface area (Å²) in [5.41, 5.74) is -0.667. The average molecular weight is 507 g/mol. The van der Waals surface area contributed by atoms with Crippen LogP contribution >= 0.6 is 0 Å². The third kappa shape index (κ3) is 11.9. The largest absolute Gasteiger partial charge is 0.462 e. The minimum absolute atomic E-state index is 0.128. The van der Waals surface area contributed by atoms with E-state index in [4.69, 9.17) is 9.47 Å². The van der Waals surface area contributed by atoms with Crippen molar-refractivity contribution in [2.24, 2.45) is 0 Å². The van der Waals surface area contributed by atoms with Crippen molar-refractivity contribution in [3.8, 4) is 0 Å². The van der Waals surface area contributed by atoms with E-state index in [0.717, 1.165) is 38.3 Å². The van der Waals surface area contributed by atoms with Gasteiger partial charge in [0, 0.05) is 24.9 Å². The molecule has 0 saturated heterocycles. The lowest BCUT2D eigenvalue weighted by Crippen LogP contribution is -2.54. The normalized spacial score (nSPS) is 16.8. The summed E-state index contributed by atoms with van der Waals surface area (Å²) in [5.74, 6) is -3.00. The Morgan fingerprint density at radius 1 is 0.667 bits per heavy atom. The quantitative estimate of drug-likeness (QED) is 0.0719. The zero-order valence-corrected chi connectivity index (χ0v) is 20.9. The second-order valence-corrected chi connectivity index (χ2v) is 8.71. The number of esters is 2. The number of amides is 2. The maximum Gasteiger partial charge on any atom is 0.343 e. The van der Waals surface area contributed by atoms with E-state index >= 15 is 0 Å². The standard InChI is InChI=1S/C26H38N2O8/c1-19(25(33)35-17-11-5-3-9-15-29)23(31)27-21-13-7-8-14-22(21)28-24(32)20(2)26(34)36-18-12-6-4-10-16-30/h15-16,21-22H,1-14,17-18H2,(H,27,31)(H,28,32)/t21-,22-/m1/s1. The second kappa shape index (κ2) is 18.0. The van der Waals surface area contributed by atoms with Gasteiger partial charge in [-0.1, -0.05) is 26.0 Å². The number of carbonyl (C=O) groups is 6. The number of aldehydes is 2. The van der Waals surface area contributed by atoms with Gasteiger partial charge in [-0.05, 0) is 51.4 Å². The Hall–Kier alpha value is -3.30. The molecule has 2 amide bonds. The molecular formula is C26H38N2O8. The highest BCUT2D eigenvalue weighted by Gasteiger charge is 2.31. The lowest BCUT2D eigenvalue weighted by atomic mass is 9.89. The van der Waals surface area contributed by atoms with Crippen LogP contribution in [0.25, 0.3) is 0 Å². The molecule has 1 aliphatic carbocycles. The van der Waals surface area contributed by atoms with E-state index in [1.807, 2.05) is 0 Å². The molecule has 1 fully saturated rings. The predicted molar refractivity (Wildman–Crippen MR) is 132 cm³/mol. The molecule has 1 rings (SSSR count).